The van der Waals surface area contributed by atoms with Gasteiger partial charge < -0.3 is 26.3 Å². The first kappa shape index (κ1) is 24.2. The van der Waals surface area contributed by atoms with Crippen LogP contribution in [0.25, 0.3) is 33.4 Å². The van der Waals surface area contributed by atoms with Gasteiger partial charge in [-0.1, -0.05) is 30.8 Å². The molecule has 9 nitrogen and oxygen atoms in total. The van der Waals surface area contributed by atoms with E-state index in [-0.39, 0.29) is 11.8 Å². The van der Waals surface area contributed by atoms with Gasteiger partial charge in [-0.3, -0.25) is 9.59 Å². The number of hydrogen-bond donors (Lipinski definition) is 4. The van der Waals surface area contributed by atoms with Gasteiger partial charge in [0.1, 0.15) is 17.8 Å². The summed E-state index contributed by atoms with van der Waals surface area (Å²) in [7, 11) is 1.93. The third-order valence-corrected chi connectivity index (χ3v) is 6.65. The molecule has 0 aliphatic carbocycles. The topological polar surface area (TPSA) is 127 Å². The lowest BCUT2D eigenvalue weighted by Crippen LogP contribution is -2.48. The molecule has 9 heteroatoms. The van der Waals surface area contributed by atoms with Crippen molar-refractivity contribution < 1.29 is 9.59 Å². The molecule has 0 atom stereocenters. The fraction of sp³-hybridized carbons (Fsp3) is 0.214. The normalized spacial score (nSPS) is 13.2. The second-order valence-corrected chi connectivity index (χ2v) is 9.36. The number of amides is 2. The number of nitrogens with zero attached hydrogens (tertiary/aromatic N) is 3. The molecule has 37 heavy (non-hydrogen) atoms. The van der Waals surface area contributed by atoms with E-state index in [1.54, 1.807) is 6.92 Å². The van der Waals surface area contributed by atoms with E-state index in [0.29, 0.717) is 40.8 Å². The fourth-order valence-corrected chi connectivity index (χ4v) is 4.46. The summed E-state index contributed by atoms with van der Waals surface area (Å²) in [5, 5.41) is 9.79. The van der Waals surface area contributed by atoms with Gasteiger partial charge in [0, 0.05) is 55.0 Å². The average molecular weight is 496 g/mol. The highest BCUT2D eigenvalue weighted by Crippen LogP contribution is 2.41. The Morgan fingerprint density at radius 1 is 1.08 bits per heavy atom. The van der Waals surface area contributed by atoms with Crippen molar-refractivity contribution in [3.8, 4) is 22.4 Å². The number of nitrogens with one attached hydrogen (secondary N) is 3. The maximum atomic E-state index is 12.6. The number of anilines is 2. The van der Waals surface area contributed by atoms with Crippen molar-refractivity contribution in [2.24, 2.45) is 13.0 Å². The number of rotatable bonds is 7. The van der Waals surface area contributed by atoms with Crippen LogP contribution in [0.15, 0.2) is 67.0 Å². The highest BCUT2D eigenvalue weighted by atomic mass is 16.2. The smallest absolute Gasteiger partial charge is 0.251 e. The summed E-state index contributed by atoms with van der Waals surface area (Å²) in [6, 6.07) is 15.1. The van der Waals surface area contributed by atoms with Crippen molar-refractivity contribution in [2.75, 3.05) is 30.7 Å². The van der Waals surface area contributed by atoms with Gasteiger partial charge in [0.15, 0.2) is 0 Å². The van der Waals surface area contributed by atoms with Gasteiger partial charge in [-0.2, -0.15) is 0 Å². The highest BCUT2D eigenvalue weighted by molar-refractivity contribution is 6.08. The van der Waals surface area contributed by atoms with E-state index in [9.17, 15) is 9.59 Å². The van der Waals surface area contributed by atoms with E-state index in [2.05, 4.69) is 32.5 Å². The molecular weight excluding hydrogens is 466 g/mol. The molecule has 2 amide bonds. The lowest BCUT2D eigenvalue weighted by Gasteiger charge is -2.27. The maximum Gasteiger partial charge on any atom is 0.251 e. The first-order chi connectivity index (χ1) is 17.8. The number of carbonyl (C=O) groups is 2. The van der Waals surface area contributed by atoms with Crippen LogP contribution < -0.4 is 21.7 Å². The first-order valence-electron chi connectivity index (χ1n) is 12.1. The molecule has 3 heterocycles. The highest BCUT2D eigenvalue weighted by Gasteiger charge is 2.22. The number of hydrogen-bond acceptors (Lipinski definition) is 6. The third kappa shape index (κ3) is 4.68. The molecule has 0 saturated carbocycles. The molecule has 1 fully saturated rings. The van der Waals surface area contributed by atoms with E-state index in [1.807, 2.05) is 60.1 Å². The predicted molar refractivity (Wildman–Crippen MR) is 146 cm³/mol. The Bertz CT molecular complexity index is 1500. The Morgan fingerprint density at radius 2 is 1.76 bits per heavy atom. The minimum absolute atomic E-state index is 0.0909. The van der Waals surface area contributed by atoms with Gasteiger partial charge in [-0.15, -0.1) is 0 Å². The van der Waals surface area contributed by atoms with Crippen molar-refractivity contribution in [2.45, 2.75) is 6.92 Å². The molecular formula is C28H29N7O2. The molecule has 0 spiro atoms. The Balaban J connectivity index is 1.52. The maximum absolute atomic E-state index is 12.6. The largest absolute Gasteiger partial charge is 0.383 e. The molecule has 5 N–H and O–H groups in total. The minimum atomic E-state index is -0.227. The van der Waals surface area contributed by atoms with Crippen LogP contribution in [0.5, 0.6) is 0 Å². The molecule has 188 valence electrons. The second-order valence-electron chi connectivity index (χ2n) is 9.36. The van der Waals surface area contributed by atoms with E-state index in [4.69, 9.17) is 5.73 Å². The van der Waals surface area contributed by atoms with Crippen LogP contribution in [0.2, 0.25) is 0 Å². The van der Waals surface area contributed by atoms with Crippen LogP contribution in [-0.4, -0.2) is 46.0 Å². The van der Waals surface area contributed by atoms with Crippen LogP contribution in [0.4, 0.5) is 11.5 Å². The molecule has 2 aromatic carbocycles. The van der Waals surface area contributed by atoms with E-state index < -0.39 is 0 Å². The number of aryl methyl sites for hydroxylation is 1. The monoisotopic (exact) mass is 495 g/mol. The molecule has 1 aliphatic rings. The Labute approximate surface area is 214 Å². The van der Waals surface area contributed by atoms with Gasteiger partial charge >= 0.3 is 0 Å². The molecule has 1 aliphatic heterocycles. The molecule has 5 rings (SSSR count). The minimum Gasteiger partial charge on any atom is -0.383 e. The van der Waals surface area contributed by atoms with E-state index in [1.165, 1.54) is 6.33 Å². The standard InChI is InChI=1S/C28H29N7O2/c1-16(2)27(36)34-21-10-8-19(9-11-21)24-22(23-25(29)32-15-33-26(23)35(24)3)18-4-6-20(7-5-18)28(37)31-14-17-12-30-13-17/h4-11,15,17,30H,1,12-14H2,2-3H3,(H,31,37)(H,34,36)(H2,29,32,33). The quantitative estimate of drug-likeness (QED) is 0.291. The number of nitrogens with two attached hydrogens (primary N) is 1. The zero-order valence-corrected chi connectivity index (χ0v) is 20.8. The van der Waals surface area contributed by atoms with Crippen molar-refractivity contribution >= 4 is 34.4 Å². The van der Waals surface area contributed by atoms with Gasteiger partial charge in [0.25, 0.3) is 11.8 Å². The van der Waals surface area contributed by atoms with Gasteiger partial charge in [-0.05, 0) is 42.3 Å². The molecule has 2 aromatic heterocycles. The zero-order valence-electron chi connectivity index (χ0n) is 20.8. The van der Waals surface area contributed by atoms with Gasteiger partial charge in [-0.25, -0.2) is 9.97 Å². The van der Waals surface area contributed by atoms with E-state index >= 15 is 0 Å². The Morgan fingerprint density at radius 3 is 2.38 bits per heavy atom. The lowest BCUT2D eigenvalue weighted by atomic mass is 9.97. The van der Waals surface area contributed by atoms with E-state index in [0.717, 1.165) is 40.9 Å². The summed E-state index contributed by atoms with van der Waals surface area (Å²) < 4.78 is 1.98. The number of carbonyl (C=O) groups excluding carboxylic acids is 2. The number of fused-ring (bicyclic) bond motifs is 1. The van der Waals surface area contributed by atoms with Crippen LogP contribution >= 0.6 is 0 Å². The zero-order chi connectivity index (χ0) is 26.1. The molecule has 0 bridgehead atoms. The molecule has 0 radical (unpaired) electrons. The fourth-order valence-electron chi connectivity index (χ4n) is 4.46. The molecule has 4 aromatic rings. The van der Waals surface area contributed by atoms with Gasteiger partial charge in [0.2, 0.25) is 0 Å². The summed E-state index contributed by atoms with van der Waals surface area (Å²) in [5.41, 5.74) is 12.3. The van der Waals surface area contributed by atoms with Crippen LogP contribution in [0.3, 0.4) is 0 Å². The van der Waals surface area contributed by atoms with Gasteiger partial charge in [0.05, 0.1) is 11.1 Å². The summed E-state index contributed by atoms with van der Waals surface area (Å²) in [4.78, 5) is 33.4. The second kappa shape index (κ2) is 9.87. The summed E-state index contributed by atoms with van der Waals surface area (Å²) in [5.74, 6) is 0.550. The number of benzene rings is 2. The summed E-state index contributed by atoms with van der Waals surface area (Å²) >= 11 is 0. The Hall–Kier alpha value is -4.50. The summed E-state index contributed by atoms with van der Waals surface area (Å²) in [6.45, 7) is 7.88. The van der Waals surface area contributed by atoms with Crippen LogP contribution in [0, 0.1) is 5.92 Å². The predicted octanol–water partition coefficient (Wildman–Crippen LogP) is 3.35. The van der Waals surface area contributed by atoms with Crippen molar-refractivity contribution in [3.63, 3.8) is 0 Å². The SMILES string of the molecule is C=C(C)C(=O)Nc1ccc(-c2c(-c3ccc(C(=O)NCC4CNC4)cc3)c3c(N)ncnc3n2C)cc1. The average Bonchev–Trinajstić information content (AvgIpc) is 3.17. The summed E-state index contributed by atoms with van der Waals surface area (Å²) in [6.07, 6.45) is 1.45. The molecule has 0 unspecified atom stereocenters. The molecule has 1 saturated heterocycles. The first-order valence-corrected chi connectivity index (χ1v) is 12.1. The van der Waals surface area contributed by atoms with Crippen molar-refractivity contribution in [3.05, 3.63) is 72.6 Å². The number of nitrogen functional groups attached to an aromatic ring is 1. The lowest BCUT2D eigenvalue weighted by molar-refractivity contribution is -0.112. The van der Waals surface area contributed by atoms with Crippen molar-refractivity contribution in [1.82, 2.24) is 25.2 Å². The van der Waals surface area contributed by atoms with Crippen molar-refractivity contribution in [1.29, 1.82) is 0 Å². The van der Waals surface area contributed by atoms with Crippen LogP contribution in [-0.2, 0) is 11.8 Å². The Kier molecular flexibility index (Phi) is 6.45. The van der Waals surface area contributed by atoms with Crippen LogP contribution in [0.1, 0.15) is 17.3 Å². The number of aromatic nitrogens is 3. The third-order valence-electron chi connectivity index (χ3n) is 6.65.